The van der Waals surface area contributed by atoms with Crippen molar-refractivity contribution >= 4 is 11.6 Å². The third-order valence-corrected chi connectivity index (χ3v) is 3.42. The van der Waals surface area contributed by atoms with Crippen LogP contribution in [0.2, 0.25) is 0 Å². The van der Waals surface area contributed by atoms with Crippen LogP contribution in [-0.4, -0.2) is 19.1 Å². The Morgan fingerprint density at radius 3 is 2.55 bits per heavy atom. The minimum atomic E-state index is -0.292. The molecule has 0 spiro atoms. The maximum Gasteiger partial charge on any atom is 0.242 e. The Hall–Kier alpha value is -2.49. The number of aryl methyl sites for hydroxylation is 1. The first-order valence-corrected chi connectivity index (χ1v) is 7.32. The van der Waals surface area contributed by atoms with Crippen molar-refractivity contribution in [2.45, 2.75) is 26.4 Å². The van der Waals surface area contributed by atoms with Crippen LogP contribution in [-0.2, 0) is 11.3 Å². The van der Waals surface area contributed by atoms with Gasteiger partial charge in [-0.3, -0.25) is 4.79 Å². The number of amides is 1. The minimum absolute atomic E-state index is 0.0303. The maximum absolute atomic E-state index is 12.1. The molecule has 0 radical (unpaired) electrons. The first kappa shape index (κ1) is 15.9. The van der Waals surface area contributed by atoms with Gasteiger partial charge in [-0.2, -0.15) is 0 Å². The normalized spacial score (nSPS) is 11.6. The van der Waals surface area contributed by atoms with E-state index in [1.165, 1.54) is 0 Å². The SMILES string of the molecule is COc1ccc(CNC(=O)[C@H](C)Nc2cccc(C)c2)cc1. The number of hydrogen-bond donors (Lipinski definition) is 2. The molecule has 0 bridgehead atoms. The van der Waals surface area contributed by atoms with Crippen LogP contribution in [0.15, 0.2) is 48.5 Å². The van der Waals surface area contributed by atoms with Crippen LogP contribution >= 0.6 is 0 Å². The molecule has 0 aliphatic heterocycles. The zero-order valence-corrected chi connectivity index (χ0v) is 13.2. The highest BCUT2D eigenvalue weighted by atomic mass is 16.5. The molecule has 0 aliphatic rings. The molecule has 1 atom stereocenters. The number of benzene rings is 2. The summed E-state index contributed by atoms with van der Waals surface area (Å²) < 4.78 is 5.11. The van der Waals surface area contributed by atoms with Gasteiger partial charge in [0, 0.05) is 12.2 Å². The van der Waals surface area contributed by atoms with Gasteiger partial charge in [0.05, 0.1) is 7.11 Å². The highest BCUT2D eigenvalue weighted by molar-refractivity contribution is 5.84. The fourth-order valence-electron chi connectivity index (χ4n) is 2.14. The molecule has 2 aromatic rings. The predicted molar refractivity (Wildman–Crippen MR) is 89.1 cm³/mol. The van der Waals surface area contributed by atoms with Gasteiger partial charge in [-0.05, 0) is 49.2 Å². The molecule has 4 heteroatoms. The zero-order valence-electron chi connectivity index (χ0n) is 13.2. The standard InChI is InChI=1S/C18H22N2O2/c1-13-5-4-6-16(11-13)20-14(2)18(21)19-12-15-7-9-17(22-3)10-8-15/h4-11,14,20H,12H2,1-3H3,(H,19,21)/t14-/m0/s1. The molecule has 116 valence electrons. The topological polar surface area (TPSA) is 50.4 Å². The van der Waals surface area contributed by atoms with Crippen molar-refractivity contribution in [3.63, 3.8) is 0 Å². The Kier molecular flexibility index (Phi) is 5.42. The van der Waals surface area contributed by atoms with E-state index >= 15 is 0 Å². The molecule has 0 heterocycles. The van der Waals surface area contributed by atoms with Gasteiger partial charge < -0.3 is 15.4 Å². The highest BCUT2D eigenvalue weighted by Gasteiger charge is 2.12. The Labute approximate surface area is 131 Å². The molecule has 1 amide bonds. The van der Waals surface area contributed by atoms with E-state index in [2.05, 4.69) is 10.6 Å². The lowest BCUT2D eigenvalue weighted by molar-refractivity contribution is -0.121. The lowest BCUT2D eigenvalue weighted by atomic mass is 10.2. The van der Waals surface area contributed by atoms with E-state index < -0.39 is 0 Å². The highest BCUT2D eigenvalue weighted by Crippen LogP contribution is 2.12. The van der Waals surface area contributed by atoms with Gasteiger partial charge in [-0.15, -0.1) is 0 Å². The van der Waals surface area contributed by atoms with Crippen LogP contribution in [0.3, 0.4) is 0 Å². The van der Waals surface area contributed by atoms with Gasteiger partial charge in [-0.1, -0.05) is 24.3 Å². The molecule has 0 saturated carbocycles. The minimum Gasteiger partial charge on any atom is -0.497 e. The Morgan fingerprint density at radius 2 is 1.91 bits per heavy atom. The predicted octanol–water partition coefficient (Wildman–Crippen LogP) is 3.12. The van der Waals surface area contributed by atoms with E-state index in [0.29, 0.717) is 6.54 Å². The summed E-state index contributed by atoms with van der Waals surface area (Å²) in [6, 6.07) is 15.3. The fourth-order valence-corrected chi connectivity index (χ4v) is 2.14. The summed E-state index contributed by atoms with van der Waals surface area (Å²) in [6.07, 6.45) is 0. The zero-order chi connectivity index (χ0) is 15.9. The van der Waals surface area contributed by atoms with Crippen molar-refractivity contribution < 1.29 is 9.53 Å². The molecule has 0 fully saturated rings. The molecule has 2 aromatic carbocycles. The van der Waals surface area contributed by atoms with Gasteiger partial charge in [0.1, 0.15) is 11.8 Å². The van der Waals surface area contributed by atoms with Gasteiger partial charge >= 0.3 is 0 Å². The van der Waals surface area contributed by atoms with Crippen LogP contribution in [0.25, 0.3) is 0 Å². The smallest absolute Gasteiger partial charge is 0.242 e. The maximum atomic E-state index is 12.1. The summed E-state index contributed by atoms with van der Waals surface area (Å²) in [6.45, 7) is 4.38. The van der Waals surface area contributed by atoms with Gasteiger partial charge in [0.25, 0.3) is 0 Å². The number of nitrogens with one attached hydrogen (secondary N) is 2. The second kappa shape index (κ2) is 7.50. The summed E-state index contributed by atoms with van der Waals surface area (Å²) in [7, 11) is 1.63. The molecule has 0 unspecified atom stereocenters. The van der Waals surface area contributed by atoms with E-state index in [1.807, 2.05) is 62.4 Å². The second-order valence-electron chi connectivity index (χ2n) is 5.30. The van der Waals surface area contributed by atoms with E-state index in [0.717, 1.165) is 22.6 Å². The molecule has 2 N–H and O–H groups in total. The number of carbonyl (C=O) groups excluding carboxylic acids is 1. The number of anilines is 1. The number of hydrogen-bond acceptors (Lipinski definition) is 3. The van der Waals surface area contributed by atoms with Crippen molar-refractivity contribution in [1.82, 2.24) is 5.32 Å². The Balaban J connectivity index is 1.85. The summed E-state index contributed by atoms with van der Waals surface area (Å²) in [5.74, 6) is 0.780. The molecule has 0 saturated heterocycles. The monoisotopic (exact) mass is 298 g/mol. The molecular formula is C18H22N2O2. The Bertz CT molecular complexity index is 623. The fraction of sp³-hybridized carbons (Fsp3) is 0.278. The van der Waals surface area contributed by atoms with E-state index in [-0.39, 0.29) is 11.9 Å². The van der Waals surface area contributed by atoms with Crippen molar-refractivity contribution in [3.8, 4) is 5.75 Å². The van der Waals surface area contributed by atoms with E-state index in [4.69, 9.17) is 4.74 Å². The largest absolute Gasteiger partial charge is 0.497 e. The average molecular weight is 298 g/mol. The van der Waals surface area contributed by atoms with Gasteiger partial charge in [-0.25, -0.2) is 0 Å². The van der Waals surface area contributed by atoms with Crippen LogP contribution in [0.4, 0.5) is 5.69 Å². The summed E-state index contributed by atoms with van der Waals surface area (Å²) in [4.78, 5) is 12.1. The molecule has 22 heavy (non-hydrogen) atoms. The summed E-state index contributed by atoms with van der Waals surface area (Å²) >= 11 is 0. The van der Waals surface area contributed by atoms with Crippen LogP contribution in [0.5, 0.6) is 5.75 Å². The third kappa shape index (κ3) is 4.52. The summed E-state index contributed by atoms with van der Waals surface area (Å²) in [5, 5.41) is 6.13. The molecule has 0 aliphatic carbocycles. The Morgan fingerprint density at radius 1 is 1.18 bits per heavy atom. The van der Waals surface area contributed by atoms with Gasteiger partial charge in [0.15, 0.2) is 0 Å². The quantitative estimate of drug-likeness (QED) is 0.861. The van der Waals surface area contributed by atoms with Crippen molar-refractivity contribution in [2.75, 3.05) is 12.4 Å². The summed E-state index contributed by atoms with van der Waals surface area (Å²) in [5.41, 5.74) is 3.15. The van der Waals surface area contributed by atoms with Crippen LogP contribution in [0.1, 0.15) is 18.1 Å². The molecule has 2 rings (SSSR count). The lowest BCUT2D eigenvalue weighted by Crippen LogP contribution is -2.37. The lowest BCUT2D eigenvalue weighted by Gasteiger charge is -2.15. The molecular weight excluding hydrogens is 276 g/mol. The molecule has 0 aromatic heterocycles. The average Bonchev–Trinajstić information content (AvgIpc) is 2.53. The second-order valence-corrected chi connectivity index (χ2v) is 5.30. The number of rotatable bonds is 6. The number of ether oxygens (including phenoxy) is 1. The van der Waals surface area contributed by atoms with E-state index in [1.54, 1.807) is 7.11 Å². The van der Waals surface area contributed by atoms with Crippen molar-refractivity contribution in [2.24, 2.45) is 0 Å². The number of methoxy groups -OCH3 is 1. The van der Waals surface area contributed by atoms with Crippen molar-refractivity contribution in [1.29, 1.82) is 0 Å². The van der Waals surface area contributed by atoms with E-state index in [9.17, 15) is 4.79 Å². The van der Waals surface area contributed by atoms with Gasteiger partial charge in [0.2, 0.25) is 5.91 Å². The van der Waals surface area contributed by atoms with Crippen LogP contribution in [0, 0.1) is 6.92 Å². The first-order chi connectivity index (χ1) is 10.6. The third-order valence-electron chi connectivity index (χ3n) is 3.42. The molecule has 4 nitrogen and oxygen atoms in total. The number of carbonyl (C=O) groups is 1. The first-order valence-electron chi connectivity index (χ1n) is 7.32. The van der Waals surface area contributed by atoms with Crippen molar-refractivity contribution in [3.05, 3.63) is 59.7 Å². The van der Waals surface area contributed by atoms with Crippen LogP contribution < -0.4 is 15.4 Å².